The summed E-state index contributed by atoms with van der Waals surface area (Å²) in [6, 6.07) is 0. The largest absolute Gasteiger partial charge is 0.472 e. The Morgan fingerprint density at radius 1 is 0.611 bits per heavy atom. The number of carbonyl (C=O) groups is 3. The Balaban J connectivity index is 4.43. The molecule has 0 aliphatic heterocycles. The van der Waals surface area contributed by atoms with Crippen LogP contribution in [0.2, 0.25) is 0 Å². The topological polar surface area (TPSA) is 166 Å². The van der Waals surface area contributed by atoms with Gasteiger partial charge in [0.25, 0.3) is 0 Å². The summed E-state index contributed by atoms with van der Waals surface area (Å²) in [7, 11) is -4.64. The summed E-state index contributed by atoms with van der Waals surface area (Å²) in [4.78, 5) is 46.6. The van der Waals surface area contributed by atoms with E-state index in [4.69, 9.17) is 19.1 Å². The first kappa shape index (κ1) is 51.6. The molecule has 0 aromatic rings. The van der Waals surface area contributed by atoms with Gasteiger partial charge in [0.05, 0.1) is 19.8 Å². The number of phosphoric acid groups is 1. The van der Waals surface area contributed by atoms with Crippen molar-refractivity contribution in [3.8, 4) is 0 Å². The molecule has 0 aromatic carbocycles. The lowest BCUT2D eigenvalue weighted by atomic mass is 10.1. The molecule has 3 N–H and O–H groups in total. The Hall–Kier alpha value is -2.40. The van der Waals surface area contributed by atoms with E-state index in [-0.39, 0.29) is 25.2 Å². The smallest absolute Gasteiger partial charge is 0.462 e. The first-order chi connectivity index (χ1) is 26.1. The molecular formula is C42H73O11P. The molecule has 0 radical (unpaired) electrons. The standard InChI is InChI=1S/C42H73O11P/c1-3-5-7-8-9-10-11-12-13-14-15-18-22-25-29-33-42(47)53-40(37-52-54(48,49)51-35-39(45)34-43)36-50-41(46)32-28-24-21-19-16-17-20-23-27-31-38(44)30-26-6-4-2/h9-10,12-13,20,23,27,31,39-40,43,45H,3-8,11,14-19,21-22,24-26,28-30,32-37H2,1-2H3,(H,48,49)/b10-9-,13-12-,23-20-,31-27+/t39-,40+/m0/s1. The van der Waals surface area contributed by atoms with Crippen molar-refractivity contribution >= 4 is 25.5 Å². The number of allylic oxidation sites excluding steroid dienone is 8. The molecular weight excluding hydrogens is 711 g/mol. The van der Waals surface area contributed by atoms with Crippen molar-refractivity contribution < 1.29 is 52.6 Å². The Kier molecular flexibility index (Phi) is 35.9. The zero-order valence-corrected chi connectivity index (χ0v) is 34.3. The minimum Gasteiger partial charge on any atom is -0.462 e. The molecule has 0 spiro atoms. The summed E-state index contributed by atoms with van der Waals surface area (Å²) in [6.07, 6.45) is 34.8. The summed E-state index contributed by atoms with van der Waals surface area (Å²) in [5.41, 5.74) is 0. The molecule has 3 atom stereocenters. The van der Waals surface area contributed by atoms with Crippen LogP contribution in [0.25, 0.3) is 0 Å². The zero-order valence-electron chi connectivity index (χ0n) is 33.4. The van der Waals surface area contributed by atoms with Crippen molar-refractivity contribution in [3.05, 3.63) is 48.6 Å². The monoisotopic (exact) mass is 784 g/mol. The molecule has 0 fully saturated rings. The van der Waals surface area contributed by atoms with Gasteiger partial charge in [0, 0.05) is 19.3 Å². The van der Waals surface area contributed by atoms with Gasteiger partial charge in [-0.2, -0.15) is 0 Å². The Bertz CT molecular complexity index is 1100. The van der Waals surface area contributed by atoms with Gasteiger partial charge >= 0.3 is 19.8 Å². The fraction of sp³-hybridized carbons (Fsp3) is 0.738. The molecule has 0 rings (SSSR count). The molecule has 1 unspecified atom stereocenters. The molecule has 0 heterocycles. The highest BCUT2D eigenvalue weighted by Crippen LogP contribution is 2.43. The number of aliphatic hydroxyl groups excluding tert-OH is 2. The third-order valence-corrected chi connectivity index (χ3v) is 9.38. The number of unbranched alkanes of at least 4 members (excludes halogenated alkanes) is 15. The normalized spacial score (nSPS) is 14.3. The van der Waals surface area contributed by atoms with Gasteiger partial charge in [-0.25, -0.2) is 4.57 Å². The summed E-state index contributed by atoms with van der Waals surface area (Å²) < 4.78 is 32.6. The number of esters is 2. The van der Waals surface area contributed by atoms with Crippen LogP contribution in [-0.2, 0) is 37.5 Å². The van der Waals surface area contributed by atoms with Gasteiger partial charge in [-0.3, -0.25) is 23.4 Å². The van der Waals surface area contributed by atoms with Crippen molar-refractivity contribution in [1.82, 2.24) is 0 Å². The number of hydrogen-bond donors (Lipinski definition) is 3. The maximum absolute atomic E-state index is 12.6. The minimum absolute atomic E-state index is 0.149. The molecule has 11 nitrogen and oxygen atoms in total. The molecule has 54 heavy (non-hydrogen) atoms. The Labute approximate surface area is 326 Å². The van der Waals surface area contributed by atoms with Crippen LogP contribution in [0.3, 0.4) is 0 Å². The second-order valence-electron chi connectivity index (χ2n) is 13.7. The third kappa shape index (κ3) is 36.6. The van der Waals surface area contributed by atoms with Gasteiger partial charge in [0.2, 0.25) is 0 Å². The quantitative estimate of drug-likeness (QED) is 0.0136. The second kappa shape index (κ2) is 37.5. The highest BCUT2D eigenvalue weighted by atomic mass is 31.2. The summed E-state index contributed by atoms with van der Waals surface area (Å²) in [6.45, 7) is 2.11. The van der Waals surface area contributed by atoms with Crippen molar-refractivity contribution in [1.29, 1.82) is 0 Å². The van der Waals surface area contributed by atoms with Gasteiger partial charge in [0.15, 0.2) is 11.9 Å². The van der Waals surface area contributed by atoms with Crippen molar-refractivity contribution in [2.24, 2.45) is 0 Å². The van der Waals surface area contributed by atoms with Crippen LogP contribution in [0.15, 0.2) is 48.6 Å². The van der Waals surface area contributed by atoms with E-state index in [9.17, 15) is 28.9 Å². The molecule has 312 valence electrons. The summed E-state index contributed by atoms with van der Waals surface area (Å²) in [5.74, 6) is -0.841. The zero-order chi connectivity index (χ0) is 40.0. The van der Waals surface area contributed by atoms with Gasteiger partial charge in [0.1, 0.15) is 12.7 Å². The third-order valence-electron chi connectivity index (χ3n) is 8.43. The highest BCUT2D eigenvalue weighted by Gasteiger charge is 2.27. The SMILES string of the molecule is CCCCC/C=C\C/C=C\CCCCCCCC(=O)O[C@H](COC(=O)CCCCCCC/C=C\C=C\C(=O)CCCCC)COP(=O)(O)OC[C@@H](O)CO. The van der Waals surface area contributed by atoms with Gasteiger partial charge < -0.3 is 24.6 Å². The number of ether oxygens (including phenoxy) is 2. The van der Waals surface area contributed by atoms with E-state index in [1.165, 1.54) is 19.3 Å². The Morgan fingerprint density at radius 2 is 1.13 bits per heavy atom. The van der Waals surface area contributed by atoms with Crippen LogP contribution in [0.4, 0.5) is 0 Å². The van der Waals surface area contributed by atoms with E-state index in [0.29, 0.717) is 19.3 Å². The maximum atomic E-state index is 12.6. The maximum Gasteiger partial charge on any atom is 0.472 e. The fourth-order valence-corrected chi connectivity index (χ4v) is 5.97. The molecule has 0 saturated heterocycles. The molecule has 0 aromatic heterocycles. The van der Waals surface area contributed by atoms with E-state index in [2.05, 4.69) is 48.8 Å². The van der Waals surface area contributed by atoms with E-state index < -0.39 is 51.8 Å². The van der Waals surface area contributed by atoms with Crippen LogP contribution in [0.5, 0.6) is 0 Å². The van der Waals surface area contributed by atoms with Gasteiger partial charge in [-0.05, 0) is 70.3 Å². The van der Waals surface area contributed by atoms with E-state index in [1.54, 1.807) is 12.2 Å². The molecule has 0 amide bonds. The number of aliphatic hydroxyl groups is 2. The van der Waals surface area contributed by atoms with Crippen LogP contribution in [-0.4, -0.2) is 71.5 Å². The fourth-order valence-electron chi connectivity index (χ4n) is 5.18. The van der Waals surface area contributed by atoms with Crippen molar-refractivity contribution in [3.63, 3.8) is 0 Å². The van der Waals surface area contributed by atoms with Crippen LogP contribution in [0.1, 0.15) is 162 Å². The number of ketones is 1. The first-order valence-electron chi connectivity index (χ1n) is 20.5. The predicted octanol–water partition coefficient (Wildman–Crippen LogP) is 9.73. The van der Waals surface area contributed by atoms with Crippen molar-refractivity contribution in [2.45, 2.75) is 174 Å². The lowest BCUT2D eigenvalue weighted by molar-refractivity contribution is -0.161. The molecule has 0 aliphatic rings. The van der Waals surface area contributed by atoms with E-state index in [0.717, 1.165) is 96.3 Å². The first-order valence-corrected chi connectivity index (χ1v) is 22.0. The lowest BCUT2D eigenvalue weighted by Gasteiger charge is -2.20. The van der Waals surface area contributed by atoms with E-state index in [1.807, 2.05) is 6.08 Å². The van der Waals surface area contributed by atoms with Crippen molar-refractivity contribution in [2.75, 3.05) is 26.4 Å². The average Bonchev–Trinajstić information content (AvgIpc) is 3.15. The number of carbonyl (C=O) groups excluding carboxylic acids is 3. The van der Waals surface area contributed by atoms with Crippen LogP contribution >= 0.6 is 7.82 Å². The van der Waals surface area contributed by atoms with Gasteiger partial charge in [-0.15, -0.1) is 0 Å². The average molecular weight is 785 g/mol. The lowest BCUT2D eigenvalue weighted by Crippen LogP contribution is -2.29. The summed E-state index contributed by atoms with van der Waals surface area (Å²) >= 11 is 0. The number of phosphoric ester groups is 1. The predicted molar refractivity (Wildman–Crippen MR) is 215 cm³/mol. The van der Waals surface area contributed by atoms with Crippen LogP contribution < -0.4 is 0 Å². The molecule has 12 heteroatoms. The second-order valence-corrected chi connectivity index (χ2v) is 15.1. The number of hydrogen-bond acceptors (Lipinski definition) is 10. The van der Waals surface area contributed by atoms with E-state index >= 15 is 0 Å². The number of rotatable bonds is 38. The molecule has 0 aliphatic carbocycles. The Morgan fingerprint density at radius 3 is 1.76 bits per heavy atom. The molecule has 0 saturated carbocycles. The highest BCUT2D eigenvalue weighted by molar-refractivity contribution is 7.47. The minimum atomic E-state index is -4.64. The van der Waals surface area contributed by atoms with Crippen LogP contribution in [0, 0.1) is 0 Å². The molecule has 0 bridgehead atoms. The summed E-state index contributed by atoms with van der Waals surface area (Å²) in [5, 5.41) is 18.3. The van der Waals surface area contributed by atoms with Gasteiger partial charge in [-0.1, -0.05) is 121 Å².